The molecule has 0 aliphatic carbocycles. The summed E-state index contributed by atoms with van der Waals surface area (Å²) >= 11 is 1.56. The van der Waals surface area contributed by atoms with Crippen molar-refractivity contribution in [1.29, 1.82) is 0 Å². The summed E-state index contributed by atoms with van der Waals surface area (Å²) in [5.74, 6) is -0.581. The highest BCUT2D eigenvalue weighted by molar-refractivity contribution is 7.13. The summed E-state index contributed by atoms with van der Waals surface area (Å²) in [6.45, 7) is 1.95. The maximum Gasteiger partial charge on any atom is 0.357 e. The van der Waals surface area contributed by atoms with E-state index in [-0.39, 0.29) is 23.0 Å². The number of nitrogens with zero attached hydrogens (tertiary/aromatic N) is 2. The number of carbonyl (C=O) groups is 3. The molecule has 2 aromatic carbocycles. The predicted molar refractivity (Wildman–Crippen MR) is 176 cm³/mol. The molecule has 46 heavy (non-hydrogen) atoms. The van der Waals surface area contributed by atoms with Crippen LogP contribution in [0.15, 0.2) is 66.2 Å². The minimum absolute atomic E-state index is 0.0395. The number of piperidine rings is 1. The quantitative estimate of drug-likeness (QED) is 0.188. The van der Waals surface area contributed by atoms with Crippen LogP contribution in [0.2, 0.25) is 0 Å². The van der Waals surface area contributed by atoms with Crippen LogP contribution in [0.5, 0.6) is 5.75 Å². The highest BCUT2D eigenvalue weighted by atomic mass is 32.1. The van der Waals surface area contributed by atoms with Crippen LogP contribution in [0.1, 0.15) is 49.7 Å². The Hall–Kier alpha value is -5.33. The number of pyridine rings is 2. The van der Waals surface area contributed by atoms with Gasteiger partial charge in [0.25, 0.3) is 11.8 Å². The first-order valence-electron chi connectivity index (χ1n) is 14.8. The van der Waals surface area contributed by atoms with Gasteiger partial charge in [0.15, 0.2) is 5.69 Å². The molecular weight excluding hydrogens is 604 g/mol. The van der Waals surface area contributed by atoms with Crippen molar-refractivity contribution in [2.45, 2.75) is 25.5 Å². The van der Waals surface area contributed by atoms with Crippen LogP contribution in [0.25, 0.3) is 32.3 Å². The zero-order valence-corrected chi connectivity index (χ0v) is 25.7. The van der Waals surface area contributed by atoms with Crippen LogP contribution in [-0.2, 0) is 11.3 Å². The van der Waals surface area contributed by atoms with E-state index >= 15 is 0 Å². The molecule has 12 heteroatoms. The molecule has 0 spiro atoms. The van der Waals surface area contributed by atoms with Gasteiger partial charge in [0.2, 0.25) is 0 Å². The second-order valence-corrected chi connectivity index (χ2v) is 12.1. The minimum Gasteiger partial charge on any atom is -0.488 e. The number of nitrogen functional groups attached to an aromatic ring is 1. The molecule has 0 radical (unpaired) electrons. The van der Waals surface area contributed by atoms with Gasteiger partial charge in [-0.25, -0.2) is 14.8 Å². The van der Waals surface area contributed by atoms with Crippen LogP contribution in [0.3, 0.4) is 0 Å². The van der Waals surface area contributed by atoms with E-state index in [0.717, 1.165) is 46.2 Å². The highest BCUT2D eigenvalue weighted by Crippen LogP contribution is 2.45. The molecule has 5 aromatic rings. The number of nitrogens with two attached hydrogens (primary N) is 1. The molecule has 1 atom stereocenters. The van der Waals surface area contributed by atoms with Gasteiger partial charge in [0.05, 0.1) is 7.11 Å². The molecule has 5 N–H and O–H groups in total. The summed E-state index contributed by atoms with van der Waals surface area (Å²) in [5.41, 5.74) is 9.37. The Bertz CT molecular complexity index is 2020. The fraction of sp³-hybridized carbons (Fsp3) is 0.206. The second kappa shape index (κ2) is 12.2. The number of ether oxygens (including phenoxy) is 2. The zero-order valence-electron chi connectivity index (χ0n) is 24.9. The van der Waals surface area contributed by atoms with Crippen molar-refractivity contribution in [3.8, 4) is 27.3 Å². The lowest BCUT2D eigenvalue weighted by atomic mass is 9.92. The Morgan fingerprint density at radius 2 is 1.93 bits per heavy atom. The molecule has 3 aromatic heterocycles. The van der Waals surface area contributed by atoms with Crippen LogP contribution in [0, 0.1) is 0 Å². The molecule has 232 valence electrons. The number of thiophene rings is 1. The summed E-state index contributed by atoms with van der Waals surface area (Å²) in [4.78, 5) is 50.0. The van der Waals surface area contributed by atoms with Gasteiger partial charge in [-0.3, -0.25) is 9.59 Å². The van der Waals surface area contributed by atoms with Crippen molar-refractivity contribution < 1.29 is 23.9 Å². The van der Waals surface area contributed by atoms with E-state index in [9.17, 15) is 14.4 Å². The monoisotopic (exact) mass is 634 g/mol. The van der Waals surface area contributed by atoms with E-state index < -0.39 is 17.8 Å². The van der Waals surface area contributed by atoms with E-state index in [1.54, 1.807) is 53.9 Å². The highest BCUT2D eigenvalue weighted by Gasteiger charge is 2.28. The number of anilines is 2. The number of aromatic nitrogens is 2. The first kappa shape index (κ1) is 29.4. The van der Waals surface area contributed by atoms with Gasteiger partial charge < -0.3 is 31.2 Å². The van der Waals surface area contributed by atoms with E-state index in [1.165, 1.54) is 7.11 Å². The molecule has 2 amide bonds. The third-order valence-corrected chi connectivity index (χ3v) is 9.21. The fourth-order valence-corrected chi connectivity index (χ4v) is 6.83. The average Bonchev–Trinajstić information content (AvgIpc) is 3.57. The molecule has 0 saturated carbocycles. The normalized spacial score (nSPS) is 15.3. The topological polar surface area (TPSA) is 158 Å². The Morgan fingerprint density at radius 3 is 2.76 bits per heavy atom. The number of amides is 2. The van der Waals surface area contributed by atoms with E-state index in [2.05, 4.69) is 25.9 Å². The molecular formula is C34H30N6O5S. The zero-order chi connectivity index (χ0) is 31.8. The lowest BCUT2D eigenvalue weighted by Crippen LogP contribution is -2.45. The van der Waals surface area contributed by atoms with Crippen LogP contribution in [-0.4, -0.2) is 54.0 Å². The lowest BCUT2D eigenvalue weighted by Gasteiger charge is -2.24. The van der Waals surface area contributed by atoms with Crippen LogP contribution in [0.4, 0.5) is 11.5 Å². The third kappa shape index (κ3) is 5.52. The van der Waals surface area contributed by atoms with Crippen molar-refractivity contribution >= 4 is 51.4 Å². The summed E-state index contributed by atoms with van der Waals surface area (Å²) in [6.07, 6.45) is 3.41. The molecule has 0 unspecified atom stereocenters. The Kier molecular flexibility index (Phi) is 7.81. The molecule has 7 rings (SSSR count). The largest absolute Gasteiger partial charge is 0.488 e. The fourth-order valence-electron chi connectivity index (χ4n) is 5.90. The van der Waals surface area contributed by atoms with Gasteiger partial charge in [-0.15, -0.1) is 11.3 Å². The maximum atomic E-state index is 14.1. The van der Waals surface area contributed by atoms with Crippen molar-refractivity contribution in [1.82, 2.24) is 20.6 Å². The number of esters is 1. The number of rotatable bonds is 6. The molecule has 2 aliphatic rings. The molecule has 1 saturated heterocycles. The summed E-state index contributed by atoms with van der Waals surface area (Å²) in [7, 11) is 1.25. The number of nitrogens with one attached hydrogen (secondary N) is 3. The number of carbonyl (C=O) groups excluding carboxylic acids is 3. The SMILES string of the molecule is COC(=O)c1nc(C(=O)N[C@@H]2CCCNC2)ccc1-c1cc2c(cc1C(=O)Nc1ccc3c(N)nccc3c1)-c1sccc1CO2. The minimum atomic E-state index is -0.741. The van der Waals surface area contributed by atoms with Crippen LogP contribution < -0.4 is 26.4 Å². The average molecular weight is 635 g/mol. The van der Waals surface area contributed by atoms with E-state index in [1.807, 2.05) is 23.6 Å². The van der Waals surface area contributed by atoms with Crippen LogP contribution >= 0.6 is 11.3 Å². The van der Waals surface area contributed by atoms with Gasteiger partial charge in [0, 0.05) is 62.6 Å². The molecule has 5 heterocycles. The van der Waals surface area contributed by atoms with Crippen molar-refractivity contribution in [3.05, 3.63) is 88.7 Å². The second-order valence-electron chi connectivity index (χ2n) is 11.1. The van der Waals surface area contributed by atoms with Crippen molar-refractivity contribution in [2.24, 2.45) is 0 Å². The van der Waals surface area contributed by atoms with Gasteiger partial charge in [-0.05, 0) is 84.7 Å². The van der Waals surface area contributed by atoms with Gasteiger partial charge >= 0.3 is 5.97 Å². The number of hydrogen-bond acceptors (Lipinski definition) is 10. The number of methoxy groups -OCH3 is 1. The molecule has 0 bridgehead atoms. The Balaban J connectivity index is 1.32. The predicted octanol–water partition coefficient (Wildman–Crippen LogP) is 5.02. The smallest absolute Gasteiger partial charge is 0.357 e. The third-order valence-electron chi connectivity index (χ3n) is 8.22. The summed E-state index contributed by atoms with van der Waals surface area (Å²) in [6, 6.07) is 15.9. The van der Waals surface area contributed by atoms with Gasteiger partial charge in [-0.2, -0.15) is 0 Å². The molecule has 1 fully saturated rings. The molecule has 2 aliphatic heterocycles. The lowest BCUT2D eigenvalue weighted by molar-refractivity contribution is 0.0594. The summed E-state index contributed by atoms with van der Waals surface area (Å²) in [5, 5.41) is 12.8. The van der Waals surface area contributed by atoms with E-state index in [4.69, 9.17) is 15.2 Å². The molecule has 11 nitrogen and oxygen atoms in total. The van der Waals surface area contributed by atoms with E-state index in [0.29, 0.717) is 41.5 Å². The Morgan fingerprint density at radius 1 is 1.04 bits per heavy atom. The summed E-state index contributed by atoms with van der Waals surface area (Å²) < 4.78 is 11.2. The van der Waals surface area contributed by atoms with Crippen molar-refractivity contribution in [3.63, 3.8) is 0 Å². The number of benzene rings is 2. The van der Waals surface area contributed by atoms with Gasteiger partial charge in [-0.1, -0.05) is 0 Å². The van der Waals surface area contributed by atoms with Gasteiger partial charge in [0.1, 0.15) is 23.9 Å². The number of fused-ring (bicyclic) bond motifs is 4. The standard InChI is InChI=1S/C34H30N6O5S/c1-44-34(43)29-23(6-7-27(40-29)33(42)39-21-3-2-10-36-16-21)24-15-28-26(30-19(17-45-28)9-12-46-30)14-25(24)32(41)38-20-4-5-22-18(13-20)8-11-37-31(22)35/h4-9,11-15,21,36H,2-3,10,16-17H2,1H3,(H2,35,37)(H,38,41)(H,39,42)/t21-/m1/s1. The van der Waals surface area contributed by atoms with Crippen molar-refractivity contribution in [2.75, 3.05) is 31.2 Å². The first-order chi connectivity index (χ1) is 22.4. The Labute approximate surface area is 268 Å². The maximum absolute atomic E-state index is 14.1. The number of hydrogen-bond donors (Lipinski definition) is 4. The first-order valence-corrected chi connectivity index (χ1v) is 15.7.